The predicted molar refractivity (Wildman–Crippen MR) is 78.0 cm³/mol. The second-order valence-electron chi connectivity index (χ2n) is 6.08. The van der Waals surface area contributed by atoms with Crippen molar-refractivity contribution in [3.8, 4) is 0 Å². The molecule has 2 heterocycles. The maximum absolute atomic E-state index is 12.5. The maximum Gasteiger partial charge on any atom is 0.328 e. The fourth-order valence-corrected chi connectivity index (χ4v) is 3.74. The van der Waals surface area contributed by atoms with Crippen LogP contribution in [0, 0.1) is 5.92 Å². The van der Waals surface area contributed by atoms with E-state index in [0.717, 1.165) is 19.4 Å². The Kier molecular flexibility index (Phi) is 3.94. The topological polar surface area (TPSA) is 75.2 Å². The number of aromatic nitrogens is 2. The van der Waals surface area contributed by atoms with Gasteiger partial charge in [-0.2, -0.15) is 0 Å². The molecule has 1 aliphatic carbocycles. The first-order valence-electron chi connectivity index (χ1n) is 7.74. The average Bonchev–Trinajstić information content (AvgIpc) is 2.49. The summed E-state index contributed by atoms with van der Waals surface area (Å²) in [5.41, 5.74) is -0.956. The molecule has 1 N–H and O–H groups in total. The van der Waals surface area contributed by atoms with Crippen molar-refractivity contribution in [1.29, 1.82) is 0 Å². The van der Waals surface area contributed by atoms with Crippen LogP contribution in [0.5, 0.6) is 0 Å². The zero-order valence-corrected chi connectivity index (χ0v) is 12.1. The van der Waals surface area contributed by atoms with Gasteiger partial charge in [-0.25, -0.2) is 4.79 Å². The first kappa shape index (κ1) is 14.1. The number of hydrogen-bond donors (Lipinski definition) is 1. The molecule has 1 amide bonds. The van der Waals surface area contributed by atoms with E-state index in [1.807, 2.05) is 4.90 Å². The molecule has 0 aromatic carbocycles. The van der Waals surface area contributed by atoms with Crippen LogP contribution in [0.3, 0.4) is 0 Å². The zero-order valence-electron chi connectivity index (χ0n) is 12.1. The van der Waals surface area contributed by atoms with E-state index in [2.05, 4.69) is 4.98 Å². The van der Waals surface area contributed by atoms with E-state index in [0.29, 0.717) is 12.0 Å². The number of fused-ring (bicyclic) bond motifs is 1. The van der Waals surface area contributed by atoms with Crippen molar-refractivity contribution in [2.24, 2.45) is 5.92 Å². The number of likely N-dealkylation sites (tertiary alicyclic amines) is 1. The van der Waals surface area contributed by atoms with Crippen molar-refractivity contribution in [3.05, 3.63) is 33.1 Å². The summed E-state index contributed by atoms with van der Waals surface area (Å²) in [5.74, 6) is 0.615. The van der Waals surface area contributed by atoms with E-state index < -0.39 is 11.2 Å². The van der Waals surface area contributed by atoms with Gasteiger partial charge >= 0.3 is 5.69 Å². The lowest BCUT2D eigenvalue weighted by Gasteiger charge is -2.44. The summed E-state index contributed by atoms with van der Waals surface area (Å²) in [6, 6.07) is 1.62. The minimum atomic E-state index is -0.520. The number of piperidine rings is 1. The molecule has 2 aliphatic rings. The van der Waals surface area contributed by atoms with Gasteiger partial charge in [0.25, 0.3) is 5.56 Å². The second-order valence-corrected chi connectivity index (χ2v) is 6.08. The van der Waals surface area contributed by atoms with Crippen LogP contribution < -0.4 is 11.2 Å². The van der Waals surface area contributed by atoms with Crippen LogP contribution in [0.1, 0.15) is 38.5 Å². The lowest BCUT2D eigenvalue weighted by Crippen LogP contribution is -2.51. The van der Waals surface area contributed by atoms with Gasteiger partial charge in [0.1, 0.15) is 6.54 Å². The molecule has 0 spiro atoms. The molecular weight excluding hydrogens is 270 g/mol. The minimum absolute atomic E-state index is 0.0127. The molecule has 0 radical (unpaired) electrons. The molecule has 21 heavy (non-hydrogen) atoms. The Labute approximate surface area is 122 Å². The number of hydrogen-bond acceptors (Lipinski definition) is 3. The Balaban J connectivity index is 1.74. The van der Waals surface area contributed by atoms with Crippen LogP contribution in [0.25, 0.3) is 0 Å². The summed E-state index contributed by atoms with van der Waals surface area (Å²) in [6.45, 7) is 0.803. The molecular formula is C15H21N3O3. The van der Waals surface area contributed by atoms with Gasteiger partial charge < -0.3 is 4.90 Å². The molecule has 6 nitrogen and oxygen atoms in total. The highest BCUT2D eigenvalue weighted by Crippen LogP contribution is 2.35. The molecule has 2 fully saturated rings. The zero-order chi connectivity index (χ0) is 14.8. The van der Waals surface area contributed by atoms with Gasteiger partial charge in [0.2, 0.25) is 5.91 Å². The minimum Gasteiger partial charge on any atom is -0.338 e. The lowest BCUT2D eigenvalue weighted by molar-refractivity contribution is -0.138. The fourth-order valence-electron chi connectivity index (χ4n) is 3.74. The number of aromatic amines is 1. The van der Waals surface area contributed by atoms with Gasteiger partial charge in [-0.1, -0.05) is 12.8 Å². The van der Waals surface area contributed by atoms with Crippen LogP contribution in [0.4, 0.5) is 0 Å². The van der Waals surface area contributed by atoms with E-state index in [1.165, 1.54) is 42.5 Å². The van der Waals surface area contributed by atoms with Crippen molar-refractivity contribution in [1.82, 2.24) is 14.5 Å². The van der Waals surface area contributed by atoms with E-state index in [9.17, 15) is 14.4 Å². The van der Waals surface area contributed by atoms with Gasteiger partial charge in [0.05, 0.1) is 0 Å². The van der Waals surface area contributed by atoms with Gasteiger partial charge in [-0.3, -0.25) is 19.1 Å². The Hall–Kier alpha value is -1.85. The molecule has 1 aromatic rings. The third kappa shape index (κ3) is 2.94. The van der Waals surface area contributed by atoms with E-state index in [1.54, 1.807) is 0 Å². The van der Waals surface area contributed by atoms with Crippen LogP contribution >= 0.6 is 0 Å². The molecule has 1 aliphatic heterocycles. The molecule has 1 saturated carbocycles. The van der Waals surface area contributed by atoms with Crippen molar-refractivity contribution < 1.29 is 4.79 Å². The largest absolute Gasteiger partial charge is 0.338 e. The smallest absolute Gasteiger partial charge is 0.328 e. The van der Waals surface area contributed by atoms with Crippen LogP contribution in [0.15, 0.2) is 21.9 Å². The van der Waals surface area contributed by atoms with E-state index >= 15 is 0 Å². The van der Waals surface area contributed by atoms with Crippen molar-refractivity contribution in [2.75, 3.05) is 6.54 Å². The molecule has 6 heteroatoms. The summed E-state index contributed by atoms with van der Waals surface area (Å²) in [6.07, 6.45) is 8.40. The number of H-pyrrole nitrogens is 1. The quantitative estimate of drug-likeness (QED) is 0.872. The lowest BCUT2D eigenvalue weighted by atomic mass is 9.78. The molecule has 1 saturated heterocycles. The normalized spacial score (nSPS) is 25.4. The molecule has 1 aromatic heterocycles. The molecule has 0 unspecified atom stereocenters. The van der Waals surface area contributed by atoms with E-state index in [4.69, 9.17) is 0 Å². The van der Waals surface area contributed by atoms with Gasteiger partial charge in [-0.05, 0) is 31.6 Å². The predicted octanol–water partition coefficient (Wildman–Crippen LogP) is 0.718. The Morgan fingerprint density at radius 2 is 1.95 bits per heavy atom. The van der Waals surface area contributed by atoms with Crippen molar-refractivity contribution >= 4 is 5.91 Å². The van der Waals surface area contributed by atoms with E-state index in [-0.39, 0.29) is 12.5 Å². The van der Waals surface area contributed by atoms with Gasteiger partial charge in [0, 0.05) is 24.8 Å². The first-order chi connectivity index (χ1) is 10.1. The third-order valence-corrected chi connectivity index (χ3v) is 4.77. The van der Waals surface area contributed by atoms with Crippen LogP contribution in [0.2, 0.25) is 0 Å². The number of carbonyl (C=O) groups is 1. The summed E-state index contributed by atoms with van der Waals surface area (Å²) in [4.78, 5) is 39.4. The monoisotopic (exact) mass is 291 g/mol. The summed E-state index contributed by atoms with van der Waals surface area (Å²) in [7, 11) is 0. The Morgan fingerprint density at radius 3 is 2.76 bits per heavy atom. The molecule has 3 rings (SSSR count). The van der Waals surface area contributed by atoms with Crippen LogP contribution in [-0.4, -0.2) is 32.9 Å². The number of nitrogens with zero attached hydrogens (tertiary/aromatic N) is 2. The Bertz CT molecular complexity index is 632. The first-order valence-corrected chi connectivity index (χ1v) is 7.74. The van der Waals surface area contributed by atoms with Crippen LogP contribution in [-0.2, 0) is 11.3 Å². The van der Waals surface area contributed by atoms with Crippen molar-refractivity contribution in [3.63, 3.8) is 0 Å². The number of amides is 1. The highest BCUT2D eigenvalue weighted by molar-refractivity contribution is 5.76. The molecule has 0 bridgehead atoms. The number of nitrogens with one attached hydrogen (secondary N) is 1. The number of carbonyl (C=O) groups excluding carboxylic acids is 1. The Morgan fingerprint density at radius 1 is 1.19 bits per heavy atom. The summed E-state index contributed by atoms with van der Waals surface area (Å²) in [5, 5.41) is 0. The average molecular weight is 291 g/mol. The highest BCUT2D eigenvalue weighted by atomic mass is 16.2. The maximum atomic E-state index is 12.5. The fraction of sp³-hybridized carbons (Fsp3) is 0.667. The standard InChI is InChI=1S/C15H21N3O3/c19-13-7-9-17(15(21)16-13)10-14(20)18-8-3-5-11-4-1-2-6-12(11)18/h7,9,11-12H,1-6,8,10H2,(H,16,19,21)/t11-,12+/m1/s1. The SMILES string of the molecule is O=C(Cn1ccc(=O)[nH]c1=O)N1CCC[C@H]2CCCC[C@@H]21. The highest BCUT2D eigenvalue weighted by Gasteiger charge is 2.35. The molecule has 114 valence electrons. The summed E-state index contributed by atoms with van der Waals surface area (Å²) >= 11 is 0. The molecule has 2 atom stereocenters. The van der Waals surface area contributed by atoms with Gasteiger partial charge in [0.15, 0.2) is 0 Å². The third-order valence-electron chi connectivity index (χ3n) is 4.77. The second kappa shape index (κ2) is 5.87. The van der Waals surface area contributed by atoms with Gasteiger partial charge in [-0.15, -0.1) is 0 Å². The van der Waals surface area contributed by atoms with Crippen molar-refractivity contribution in [2.45, 2.75) is 51.1 Å². The number of rotatable bonds is 2. The summed E-state index contributed by atoms with van der Waals surface area (Å²) < 4.78 is 1.27.